The van der Waals surface area contributed by atoms with Crippen molar-refractivity contribution in [3.8, 4) is 0 Å². The lowest BCUT2D eigenvalue weighted by molar-refractivity contribution is -0.0599. The molecule has 1 atom stereocenters. The van der Waals surface area contributed by atoms with Crippen LogP contribution >= 0.6 is 11.6 Å². The van der Waals surface area contributed by atoms with E-state index in [4.69, 9.17) is 22.7 Å². The molecule has 2 aromatic rings. The van der Waals surface area contributed by atoms with Crippen LogP contribution in [0.25, 0.3) is 0 Å². The summed E-state index contributed by atoms with van der Waals surface area (Å²) in [4.78, 5) is 0. The molecule has 1 unspecified atom stereocenters. The quantitative estimate of drug-likeness (QED) is 0.362. The Labute approximate surface area is 195 Å². The van der Waals surface area contributed by atoms with Crippen molar-refractivity contribution in [3.05, 3.63) is 69.2 Å². The first-order chi connectivity index (χ1) is 15.0. The normalized spacial score (nSPS) is 12.2. The second-order valence-electron chi connectivity index (χ2n) is 8.15. The third-order valence-electron chi connectivity index (χ3n) is 5.51. The van der Waals surface area contributed by atoms with Crippen molar-refractivity contribution in [3.63, 3.8) is 0 Å². The molecule has 0 heterocycles. The maximum atomic E-state index is 11.0. The number of nitrogens with one attached hydrogen (secondary N) is 1. The lowest BCUT2D eigenvalue weighted by atomic mass is 9.82. The Morgan fingerprint density at radius 2 is 1.56 bits per heavy atom. The van der Waals surface area contributed by atoms with E-state index in [1.807, 2.05) is 12.1 Å². The maximum Gasteiger partial charge on any atom is 0.428 e. The molecule has 0 fully saturated rings. The molecule has 0 saturated carbocycles. The molecule has 0 aliphatic rings. The fourth-order valence-corrected chi connectivity index (χ4v) is 3.91. The van der Waals surface area contributed by atoms with Gasteiger partial charge in [-0.1, -0.05) is 62.6 Å². The smallest absolute Gasteiger partial charge is 0.330 e. The largest absolute Gasteiger partial charge is 0.428 e. The monoisotopic (exact) mass is 468 g/mol. The molecular formula is C26H36ClF3N2. The van der Waals surface area contributed by atoms with E-state index < -0.39 is 11.9 Å². The van der Waals surface area contributed by atoms with Gasteiger partial charge in [0.25, 0.3) is 0 Å². The molecule has 0 bridgehead atoms. The lowest BCUT2D eigenvalue weighted by Crippen LogP contribution is -2.17. The van der Waals surface area contributed by atoms with Gasteiger partial charge in [0.15, 0.2) is 0 Å². The molecule has 0 saturated heterocycles. The maximum absolute atomic E-state index is 11.0. The van der Waals surface area contributed by atoms with Crippen LogP contribution in [0.1, 0.15) is 73.8 Å². The molecule has 0 spiro atoms. The summed E-state index contributed by atoms with van der Waals surface area (Å²) < 4.78 is 32.9. The van der Waals surface area contributed by atoms with Gasteiger partial charge in [-0.25, -0.2) is 0 Å². The minimum Gasteiger partial charge on any atom is -0.330 e. The highest BCUT2D eigenvalue weighted by Crippen LogP contribution is 2.31. The second-order valence-corrected chi connectivity index (χ2v) is 8.59. The molecule has 0 amide bonds. The average molecular weight is 469 g/mol. The Morgan fingerprint density at radius 3 is 2.03 bits per heavy atom. The first-order valence-corrected chi connectivity index (χ1v) is 11.6. The fourth-order valence-electron chi connectivity index (χ4n) is 3.78. The first kappa shape index (κ1) is 28.2. The van der Waals surface area contributed by atoms with E-state index in [0.29, 0.717) is 19.4 Å². The molecule has 0 aromatic heterocycles. The molecular weight excluding hydrogens is 433 g/mol. The molecule has 3 N–H and O–H groups in total. The summed E-state index contributed by atoms with van der Waals surface area (Å²) in [7, 11) is 0. The minimum atomic E-state index is -4.42. The van der Waals surface area contributed by atoms with Gasteiger partial charge < -0.3 is 11.1 Å². The number of aryl methyl sites for hydroxylation is 2. The number of alkyl halides is 3. The van der Waals surface area contributed by atoms with Crippen LogP contribution in [-0.2, 0) is 19.3 Å². The Kier molecular flexibility index (Phi) is 12.0. The summed E-state index contributed by atoms with van der Waals surface area (Å²) in [6.07, 6.45) is 2.35. The van der Waals surface area contributed by atoms with Crippen molar-refractivity contribution in [1.29, 1.82) is 5.41 Å². The van der Waals surface area contributed by atoms with E-state index in [1.165, 1.54) is 29.5 Å². The average Bonchev–Trinajstić information content (AvgIpc) is 2.72. The summed E-state index contributed by atoms with van der Waals surface area (Å²) in [6.45, 7) is 8.21. The van der Waals surface area contributed by atoms with E-state index >= 15 is 0 Å². The first-order valence-electron chi connectivity index (χ1n) is 11.2. The van der Waals surface area contributed by atoms with E-state index in [0.717, 1.165) is 30.7 Å². The van der Waals surface area contributed by atoms with Crippen LogP contribution in [-0.4, -0.2) is 18.4 Å². The zero-order chi connectivity index (χ0) is 24.3. The van der Waals surface area contributed by atoms with E-state index in [2.05, 4.69) is 45.0 Å². The van der Waals surface area contributed by atoms with Crippen LogP contribution in [0.2, 0.25) is 5.02 Å². The Balaban J connectivity index is 0.000000633. The Hall–Kier alpha value is -1.85. The van der Waals surface area contributed by atoms with Gasteiger partial charge >= 0.3 is 6.18 Å². The highest BCUT2D eigenvalue weighted by molar-refractivity contribution is 6.30. The van der Waals surface area contributed by atoms with Crippen LogP contribution in [0.15, 0.2) is 36.4 Å². The molecule has 6 heteroatoms. The van der Waals surface area contributed by atoms with Crippen LogP contribution in [0, 0.1) is 12.3 Å². The van der Waals surface area contributed by atoms with Crippen LogP contribution in [0.5, 0.6) is 0 Å². The van der Waals surface area contributed by atoms with Gasteiger partial charge in [0.2, 0.25) is 0 Å². The second kappa shape index (κ2) is 13.6. The minimum absolute atomic E-state index is 0.454. The number of benzene rings is 2. The Bertz CT molecular complexity index is 845. The van der Waals surface area contributed by atoms with Gasteiger partial charge in [-0.05, 0) is 91.9 Å². The lowest BCUT2D eigenvalue weighted by Gasteiger charge is -2.23. The van der Waals surface area contributed by atoms with Crippen molar-refractivity contribution < 1.29 is 13.2 Å². The summed E-state index contributed by atoms with van der Waals surface area (Å²) >= 11 is 6.08. The molecule has 0 aliphatic carbocycles. The standard InChI is InChI=1S/C23H32ClN.C3H4F3N/c1-4-6-19-9-8-17(3)22(7-5-2)23(19)16-20(14-15-25)18-10-12-21(24)13-11-18;1-2(7)3(4,5)6/h8-13,20H,4-7,14-16,25H2,1-3H3;7H,1H3. The van der Waals surface area contributed by atoms with Gasteiger partial charge in [0, 0.05) is 5.02 Å². The molecule has 2 rings (SSSR count). The van der Waals surface area contributed by atoms with Crippen molar-refractivity contribution in [1.82, 2.24) is 0 Å². The van der Waals surface area contributed by atoms with Gasteiger partial charge in [-0.3, -0.25) is 0 Å². The number of rotatable bonds is 9. The number of nitrogens with two attached hydrogens (primary N) is 1. The van der Waals surface area contributed by atoms with Crippen LogP contribution in [0.4, 0.5) is 13.2 Å². The molecule has 178 valence electrons. The van der Waals surface area contributed by atoms with Gasteiger partial charge in [-0.2, -0.15) is 13.2 Å². The predicted molar refractivity (Wildman–Crippen MR) is 130 cm³/mol. The molecule has 2 aromatic carbocycles. The van der Waals surface area contributed by atoms with Crippen molar-refractivity contribution in [2.75, 3.05) is 6.54 Å². The van der Waals surface area contributed by atoms with Crippen molar-refractivity contribution in [2.24, 2.45) is 5.73 Å². The predicted octanol–water partition coefficient (Wildman–Crippen LogP) is 7.82. The van der Waals surface area contributed by atoms with Gasteiger partial charge in [0.05, 0.1) is 0 Å². The zero-order valence-corrected chi connectivity index (χ0v) is 20.3. The third kappa shape index (κ3) is 8.95. The number of hydrogen-bond donors (Lipinski definition) is 2. The molecule has 2 nitrogen and oxygen atoms in total. The van der Waals surface area contributed by atoms with Crippen LogP contribution in [0.3, 0.4) is 0 Å². The highest BCUT2D eigenvalue weighted by Gasteiger charge is 2.29. The van der Waals surface area contributed by atoms with Crippen LogP contribution < -0.4 is 5.73 Å². The summed E-state index contributed by atoms with van der Waals surface area (Å²) in [6, 6.07) is 13.0. The fraction of sp³-hybridized carbons (Fsp3) is 0.500. The third-order valence-corrected chi connectivity index (χ3v) is 5.77. The highest BCUT2D eigenvalue weighted by atomic mass is 35.5. The molecule has 0 aliphatic heterocycles. The topological polar surface area (TPSA) is 49.9 Å². The zero-order valence-electron chi connectivity index (χ0n) is 19.6. The van der Waals surface area contributed by atoms with Gasteiger partial charge in [-0.15, -0.1) is 0 Å². The van der Waals surface area contributed by atoms with Crippen molar-refractivity contribution >= 4 is 17.3 Å². The molecule has 0 radical (unpaired) electrons. The van der Waals surface area contributed by atoms with Crippen molar-refractivity contribution in [2.45, 2.75) is 78.3 Å². The summed E-state index contributed by atoms with van der Waals surface area (Å²) in [5.74, 6) is 0.454. The summed E-state index contributed by atoms with van der Waals surface area (Å²) in [5.41, 5.74) is 12.1. The Morgan fingerprint density at radius 1 is 1.00 bits per heavy atom. The van der Waals surface area contributed by atoms with E-state index in [-0.39, 0.29) is 0 Å². The summed E-state index contributed by atoms with van der Waals surface area (Å²) in [5, 5.41) is 6.82. The molecule has 32 heavy (non-hydrogen) atoms. The van der Waals surface area contributed by atoms with E-state index in [9.17, 15) is 13.2 Å². The van der Waals surface area contributed by atoms with Gasteiger partial charge in [0.1, 0.15) is 5.71 Å². The number of hydrogen-bond acceptors (Lipinski definition) is 2. The van der Waals surface area contributed by atoms with E-state index in [1.54, 1.807) is 11.1 Å². The SMILES string of the molecule is CC(=N)C(F)(F)F.CCCc1ccc(C)c(CCC)c1CC(CCN)c1ccc(Cl)cc1. The number of halogens is 4.